The number of hydrogen-bond donors (Lipinski definition) is 2. The molecule has 0 spiro atoms. The van der Waals surface area contributed by atoms with Crippen LogP contribution in [0.1, 0.15) is 24.2 Å². The van der Waals surface area contributed by atoms with Gasteiger partial charge in [0.05, 0.1) is 23.6 Å². The van der Waals surface area contributed by atoms with Gasteiger partial charge in [-0.3, -0.25) is 9.89 Å². The van der Waals surface area contributed by atoms with Gasteiger partial charge in [0.25, 0.3) is 0 Å². The number of aromatic amines is 1. The second kappa shape index (κ2) is 7.64. The maximum Gasteiger partial charge on any atom is 0.123 e. The number of allylic oxidation sites excluding steroid dienone is 1. The van der Waals surface area contributed by atoms with Gasteiger partial charge < -0.3 is 10.7 Å². The Kier molecular flexibility index (Phi) is 4.69. The molecule has 6 heteroatoms. The van der Waals surface area contributed by atoms with E-state index in [0.717, 1.165) is 48.4 Å². The van der Waals surface area contributed by atoms with E-state index in [1.54, 1.807) is 0 Å². The molecular weight excluding hydrogens is 360 g/mol. The van der Waals surface area contributed by atoms with Crippen molar-refractivity contribution in [1.29, 1.82) is 0 Å². The van der Waals surface area contributed by atoms with Crippen molar-refractivity contribution in [3.63, 3.8) is 0 Å². The Morgan fingerprint density at radius 3 is 2.90 bits per heavy atom. The van der Waals surface area contributed by atoms with E-state index in [4.69, 9.17) is 10.7 Å². The summed E-state index contributed by atoms with van der Waals surface area (Å²) < 4.78 is 0. The maximum atomic E-state index is 5.77. The third-order valence-corrected chi connectivity index (χ3v) is 5.64. The fraction of sp³-hybridized carbons (Fsp3) is 0.261. The number of fused-ring (bicyclic) bond motifs is 2. The van der Waals surface area contributed by atoms with Gasteiger partial charge in [0.2, 0.25) is 0 Å². The number of aromatic nitrogens is 3. The lowest BCUT2D eigenvalue weighted by molar-refractivity contribution is 0.188. The van der Waals surface area contributed by atoms with E-state index >= 15 is 0 Å². The number of nitrogens with two attached hydrogens (primary N) is 1. The maximum absolute atomic E-state index is 5.77. The average molecular weight is 384 g/mol. The van der Waals surface area contributed by atoms with Crippen LogP contribution in [0.4, 0.5) is 5.82 Å². The topological polar surface area (TPSA) is 83.2 Å². The molecular formula is C23H24N6. The quantitative estimate of drug-likeness (QED) is 0.703. The Bertz CT molecular complexity index is 1060. The number of H-pyrrole nitrogens is 1. The zero-order valence-corrected chi connectivity index (χ0v) is 16.2. The molecule has 1 aliphatic carbocycles. The Hall–Kier alpha value is -3.25. The van der Waals surface area contributed by atoms with Crippen LogP contribution < -0.4 is 5.73 Å². The monoisotopic (exact) mass is 384 g/mol. The summed E-state index contributed by atoms with van der Waals surface area (Å²) in [5.74, 6) is 1.53. The summed E-state index contributed by atoms with van der Waals surface area (Å²) in [7, 11) is 0. The molecule has 2 aliphatic rings. The highest BCUT2D eigenvalue weighted by molar-refractivity contribution is 5.75. The van der Waals surface area contributed by atoms with Gasteiger partial charge >= 0.3 is 0 Å². The molecule has 0 saturated heterocycles. The minimum atomic E-state index is 0.308. The van der Waals surface area contributed by atoms with Crippen LogP contribution in [0.5, 0.6) is 0 Å². The molecule has 0 bridgehead atoms. The van der Waals surface area contributed by atoms with Gasteiger partial charge in [-0.15, -0.1) is 0 Å². The summed E-state index contributed by atoms with van der Waals surface area (Å²) in [6.07, 6.45) is 12.5. The highest BCUT2D eigenvalue weighted by atomic mass is 15.2. The predicted octanol–water partition coefficient (Wildman–Crippen LogP) is 3.64. The van der Waals surface area contributed by atoms with E-state index in [2.05, 4.69) is 44.1 Å². The van der Waals surface area contributed by atoms with Crippen LogP contribution in [-0.4, -0.2) is 38.2 Å². The van der Waals surface area contributed by atoms with Crippen LogP contribution in [0.15, 0.2) is 71.4 Å². The fourth-order valence-corrected chi connectivity index (χ4v) is 4.16. The molecule has 29 heavy (non-hydrogen) atoms. The minimum absolute atomic E-state index is 0.308. The number of hydrogen-bond acceptors (Lipinski definition) is 5. The van der Waals surface area contributed by atoms with Crippen molar-refractivity contribution in [1.82, 2.24) is 19.9 Å². The van der Waals surface area contributed by atoms with Gasteiger partial charge in [-0.05, 0) is 48.3 Å². The lowest BCUT2D eigenvalue weighted by atomic mass is 9.89. The Morgan fingerprint density at radius 1 is 1.10 bits per heavy atom. The number of dihydropyridines is 1. The van der Waals surface area contributed by atoms with Gasteiger partial charge in [-0.1, -0.05) is 30.4 Å². The van der Waals surface area contributed by atoms with Crippen molar-refractivity contribution in [3.05, 3.63) is 77.8 Å². The second-order valence-electron chi connectivity index (χ2n) is 7.68. The zero-order valence-electron chi connectivity index (χ0n) is 16.2. The van der Waals surface area contributed by atoms with E-state index in [1.807, 2.05) is 42.8 Å². The van der Waals surface area contributed by atoms with Crippen LogP contribution >= 0.6 is 0 Å². The van der Waals surface area contributed by atoms with Crippen molar-refractivity contribution in [3.8, 4) is 0 Å². The normalized spacial score (nSPS) is 20.8. The van der Waals surface area contributed by atoms with Crippen LogP contribution in [0, 0.1) is 0 Å². The van der Waals surface area contributed by atoms with Crippen molar-refractivity contribution in [2.24, 2.45) is 4.99 Å². The van der Waals surface area contributed by atoms with Crippen molar-refractivity contribution in [2.45, 2.75) is 38.0 Å². The van der Waals surface area contributed by atoms with Crippen LogP contribution in [0.25, 0.3) is 11.0 Å². The molecule has 5 rings (SSSR count). The standard InChI is InChI=1S/C23H24N6/c24-22-10-7-16(13-26-22)14-29(15-23-27-20-5-1-2-6-21(20)28-23)18-8-9-19-17(12-18)4-3-11-25-19/h1-7,10-13,18-19H,8-9,14-15H2,(H2,24,26)(H,27,28). The Morgan fingerprint density at radius 2 is 2.03 bits per heavy atom. The number of anilines is 1. The number of nitrogens with one attached hydrogen (secondary N) is 1. The first kappa shape index (κ1) is 17.8. The van der Waals surface area contributed by atoms with Crippen LogP contribution in [0.3, 0.4) is 0 Å². The Balaban J connectivity index is 1.44. The number of nitrogen functional groups attached to an aromatic ring is 1. The zero-order chi connectivity index (χ0) is 19.6. The van der Waals surface area contributed by atoms with E-state index < -0.39 is 0 Å². The molecule has 2 unspecified atom stereocenters. The van der Waals surface area contributed by atoms with E-state index in [0.29, 0.717) is 17.9 Å². The van der Waals surface area contributed by atoms with E-state index in [1.165, 1.54) is 5.57 Å². The number of rotatable bonds is 5. The molecule has 3 heterocycles. The smallest absolute Gasteiger partial charge is 0.123 e. The largest absolute Gasteiger partial charge is 0.384 e. The third kappa shape index (κ3) is 3.84. The first-order valence-corrected chi connectivity index (χ1v) is 10.0. The molecule has 146 valence electrons. The molecule has 6 nitrogen and oxygen atoms in total. The lowest BCUT2D eigenvalue weighted by Crippen LogP contribution is -2.37. The van der Waals surface area contributed by atoms with E-state index in [-0.39, 0.29) is 0 Å². The van der Waals surface area contributed by atoms with Crippen molar-refractivity contribution >= 4 is 23.1 Å². The Labute approximate surface area is 169 Å². The molecule has 3 aromatic rings. The van der Waals surface area contributed by atoms with Gasteiger partial charge in [0.15, 0.2) is 0 Å². The van der Waals surface area contributed by atoms with Crippen molar-refractivity contribution < 1.29 is 0 Å². The van der Waals surface area contributed by atoms with Gasteiger partial charge in [-0.2, -0.15) is 0 Å². The summed E-state index contributed by atoms with van der Waals surface area (Å²) >= 11 is 0. The lowest BCUT2D eigenvalue weighted by Gasteiger charge is -2.34. The second-order valence-corrected chi connectivity index (χ2v) is 7.68. The van der Waals surface area contributed by atoms with Gasteiger partial charge in [0, 0.05) is 25.0 Å². The summed E-state index contributed by atoms with van der Waals surface area (Å²) in [4.78, 5) is 19.6. The van der Waals surface area contributed by atoms with E-state index in [9.17, 15) is 0 Å². The third-order valence-electron chi connectivity index (χ3n) is 5.64. The summed E-state index contributed by atoms with van der Waals surface area (Å²) in [5.41, 5.74) is 10.3. The molecule has 0 fully saturated rings. The first-order chi connectivity index (χ1) is 14.2. The fourth-order valence-electron chi connectivity index (χ4n) is 4.16. The number of pyridine rings is 1. The van der Waals surface area contributed by atoms with Crippen molar-refractivity contribution in [2.75, 3.05) is 5.73 Å². The highest BCUT2D eigenvalue weighted by Gasteiger charge is 2.26. The molecule has 2 atom stereocenters. The SMILES string of the molecule is Nc1ccc(CN(Cc2nc3ccccc3[nH]2)C2C=C3C=CC=NC3CC2)cn1. The summed E-state index contributed by atoms with van der Waals surface area (Å²) in [6, 6.07) is 12.7. The number of aliphatic imine (C=N–C) groups is 1. The van der Waals surface area contributed by atoms with Crippen LogP contribution in [-0.2, 0) is 13.1 Å². The molecule has 1 aliphatic heterocycles. The highest BCUT2D eigenvalue weighted by Crippen LogP contribution is 2.29. The molecule has 1 aromatic carbocycles. The summed E-state index contributed by atoms with van der Waals surface area (Å²) in [5, 5.41) is 0. The molecule has 0 saturated carbocycles. The molecule has 3 N–H and O–H groups in total. The van der Waals surface area contributed by atoms with Crippen LogP contribution in [0.2, 0.25) is 0 Å². The number of benzene rings is 1. The van der Waals surface area contributed by atoms with Gasteiger partial charge in [-0.25, -0.2) is 9.97 Å². The number of para-hydroxylation sites is 2. The van der Waals surface area contributed by atoms with Gasteiger partial charge in [0.1, 0.15) is 11.6 Å². The molecule has 2 aromatic heterocycles. The first-order valence-electron chi connectivity index (χ1n) is 10.0. The summed E-state index contributed by atoms with van der Waals surface area (Å²) in [6.45, 7) is 1.53. The average Bonchev–Trinajstić information content (AvgIpc) is 3.17. The predicted molar refractivity (Wildman–Crippen MR) is 117 cm³/mol. The minimum Gasteiger partial charge on any atom is -0.384 e. The number of nitrogens with zero attached hydrogens (tertiary/aromatic N) is 4. The molecule has 0 amide bonds. The molecule has 0 radical (unpaired) electrons. The number of imidazole rings is 1.